The van der Waals surface area contributed by atoms with Crippen LogP contribution in [-0.2, 0) is 36.9 Å². The molecule has 4 aromatic carbocycles. The van der Waals surface area contributed by atoms with Crippen LogP contribution in [0.5, 0.6) is 0 Å². The first-order valence-corrected chi connectivity index (χ1v) is 23.6. The molecule has 206 valence electrons. The second-order valence-electron chi connectivity index (χ2n) is 12.7. The Hall–Kier alpha value is -2.32. The average molecular weight is 624 g/mol. The van der Waals surface area contributed by atoms with Crippen molar-refractivity contribution < 1.29 is 23.2 Å². The topological polar surface area (TPSA) is 9.23 Å². The Bertz CT molecular complexity index is 1410. The summed E-state index contributed by atoms with van der Waals surface area (Å²) in [5.74, 6) is 0. The van der Waals surface area contributed by atoms with E-state index < -0.39 is 29.7 Å². The van der Waals surface area contributed by atoms with Gasteiger partial charge in [-0.3, -0.25) is 0 Å². The summed E-state index contributed by atoms with van der Waals surface area (Å²) in [5.41, 5.74) is 11.6. The Morgan fingerprint density at radius 2 is 1.30 bits per heavy atom. The van der Waals surface area contributed by atoms with Gasteiger partial charge in [-0.15, -0.1) is 0 Å². The molecular formula is C37H44OSiZr. The summed E-state index contributed by atoms with van der Waals surface area (Å²) < 4.78 is 10.1. The Balaban J connectivity index is 1.67. The van der Waals surface area contributed by atoms with Gasteiger partial charge in [-0.1, -0.05) is 0 Å². The van der Waals surface area contributed by atoms with Crippen LogP contribution in [0.4, 0.5) is 0 Å². The fourth-order valence-electron chi connectivity index (χ4n) is 6.56. The maximum absolute atomic E-state index is 7.53. The Morgan fingerprint density at radius 3 is 1.80 bits per heavy atom. The van der Waals surface area contributed by atoms with Crippen molar-refractivity contribution >= 4 is 15.1 Å². The fraction of sp³-hybridized carbons (Fsp3) is 0.297. The molecule has 0 bridgehead atoms. The van der Waals surface area contributed by atoms with E-state index in [-0.39, 0.29) is 5.41 Å². The minimum atomic E-state index is -3.46. The number of rotatable bonds is 9. The van der Waals surface area contributed by atoms with Gasteiger partial charge in [-0.25, -0.2) is 0 Å². The van der Waals surface area contributed by atoms with E-state index in [1.54, 1.807) is 5.57 Å². The van der Waals surface area contributed by atoms with E-state index in [1.807, 2.05) is 0 Å². The zero-order valence-electron chi connectivity index (χ0n) is 25.1. The SMILES string of the molecule is CCC1=Cc2c(-c3ccc(C(C)(C)C)cc3)cccc2[CH]1[Zr]([CH2]c1ccccc1)([CH2]c1ccccc1)[O][SiH](C)C. The predicted octanol–water partition coefficient (Wildman–Crippen LogP) is 9.97. The zero-order chi connectivity index (χ0) is 28.3. The number of benzene rings is 4. The first-order chi connectivity index (χ1) is 19.2. The van der Waals surface area contributed by atoms with Crippen molar-refractivity contribution in [3.05, 3.63) is 137 Å². The third kappa shape index (κ3) is 6.28. The van der Waals surface area contributed by atoms with Gasteiger partial charge < -0.3 is 0 Å². The summed E-state index contributed by atoms with van der Waals surface area (Å²) in [6, 6.07) is 38.6. The van der Waals surface area contributed by atoms with Gasteiger partial charge in [-0.05, 0) is 0 Å². The molecule has 40 heavy (non-hydrogen) atoms. The molecule has 0 amide bonds. The zero-order valence-corrected chi connectivity index (χ0v) is 28.7. The van der Waals surface area contributed by atoms with E-state index >= 15 is 0 Å². The molecule has 0 heterocycles. The van der Waals surface area contributed by atoms with Crippen LogP contribution < -0.4 is 0 Å². The van der Waals surface area contributed by atoms with E-state index in [1.165, 1.54) is 38.9 Å². The normalized spacial score (nSPS) is 15.3. The van der Waals surface area contributed by atoms with Crippen LogP contribution in [0.2, 0.25) is 13.1 Å². The van der Waals surface area contributed by atoms with Crippen molar-refractivity contribution in [2.24, 2.45) is 0 Å². The second-order valence-corrected chi connectivity index (χ2v) is 25.2. The van der Waals surface area contributed by atoms with Gasteiger partial charge in [0, 0.05) is 0 Å². The van der Waals surface area contributed by atoms with E-state index in [9.17, 15) is 0 Å². The number of fused-ring (bicyclic) bond motifs is 1. The summed E-state index contributed by atoms with van der Waals surface area (Å²) >= 11 is -3.46. The standard InChI is InChI=1S/C21H23.2C7H7.C2H7OSi.Zr/c1-5-15-13-17-7-6-8-19(20(17)14-15)16-9-11-18(12-10-16)21(2,3)4;2*1-7-5-3-2-4-6-7;1-4(2)3;/h6-14H,5H2,1-4H3;2*2-6H,1H2;4H,1-2H3;/q;;;-1;+1. The van der Waals surface area contributed by atoms with Crippen LogP contribution in [-0.4, -0.2) is 9.04 Å². The Labute approximate surface area is 249 Å². The van der Waals surface area contributed by atoms with E-state index in [0.29, 0.717) is 3.63 Å². The number of allylic oxidation sites excluding steroid dienone is 1. The molecule has 0 saturated heterocycles. The molecular weight excluding hydrogens is 580 g/mol. The molecule has 0 aliphatic heterocycles. The summed E-state index contributed by atoms with van der Waals surface area (Å²) in [6.45, 7) is 13.9. The second kappa shape index (κ2) is 12.3. The van der Waals surface area contributed by atoms with Gasteiger partial charge in [0.25, 0.3) is 0 Å². The maximum atomic E-state index is 7.53. The third-order valence-corrected chi connectivity index (χ3v) is 25.4. The molecule has 4 aromatic rings. The number of hydrogen-bond donors (Lipinski definition) is 0. The van der Waals surface area contributed by atoms with E-state index in [0.717, 1.165) is 14.7 Å². The first kappa shape index (κ1) is 29.2. The molecule has 1 aliphatic rings. The van der Waals surface area contributed by atoms with Crippen LogP contribution >= 0.6 is 0 Å². The molecule has 1 nitrogen and oxygen atoms in total. The third-order valence-electron chi connectivity index (χ3n) is 8.31. The van der Waals surface area contributed by atoms with Crippen LogP contribution in [0.3, 0.4) is 0 Å². The van der Waals surface area contributed by atoms with Crippen LogP contribution in [0, 0.1) is 0 Å². The molecule has 0 radical (unpaired) electrons. The van der Waals surface area contributed by atoms with Gasteiger partial charge in [0.1, 0.15) is 0 Å². The summed E-state index contributed by atoms with van der Waals surface area (Å²) in [5, 5.41) is 0. The fourth-order valence-corrected chi connectivity index (χ4v) is 27.2. The molecule has 3 heteroatoms. The minimum absolute atomic E-state index is 0.151. The van der Waals surface area contributed by atoms with Crippen molar-refractivity contribution in [3.63, 3.8) is 0 Å². The summed E-state index contributed by atoms with van der Waals surface area (Å²) in [4.78, 5) is 0. The Kier molecular flexibility index (Phi) is 8.95. The molecule has 0 N–H and O–H groups in total. The van der Waals surface area contributed by atoms with Gasteiger partial charge >= 0.3 is 250 Å². The van der Waals surface area contributed by atoms with Gasteiger partial charge in [0.2, 0.25) is 0 Å². The summed E-state index contributed by atoms with van der Waals surface area (Å²) in [6.07, 6.45) is 3.60. The Morgan fingerprint density at radius 1 is 0.725 bits per heavy atom. The van der Waals surface area contributed by atoms with Crippen molar-refractivity contribution in [1.82, 2.24) is 0 Å². The monoisotopic (exact) mass is 622 g/mol. The molecule has 1 unspecified atom stereocenters. The quantitative estimate of drug-likeness (QED) is 0.169. The molecule has 0 fully saturated rings. The van der Waals surface area contributed by atoms with Crippen molar-refractivity contribution in [1.29, 1.82) is 0 Å². The summed E-state index contributed by atoms with van der Waals surface area (Å²) in [7, 11) is -1.31. The molecule has 0 saturated carbocycles. The van der Waals surface area contributed by atoms with Crippen LogP contribution in [0.25, 0.3) is 17.2 Å². The first-order valence-electron chi connectivity index (χ1n) is 14.9. The van der Waals surface area contributed by atoms with Crippen LogP contribution in [0.15, 0.2) is 109 Å². The van der Waals surface area contributed by atoms with Crippen molar-refractivity contribution in [3.8, 4) is 11.1 Å². The molecule has 5 rings (SSSR count). The van der Waals surface area contributed by atoms with Gasteiger partial charge in [-0.2, -0.15) is 0 Å². The predicted molar refractivity (Wildman–Crippen MR) is 172 cm³/mol. The average Bonchev–Trinajstić information content (AvgIpc) is 3.33. The van der Waals surface area contributed by atoms with E-state index in [4.69, 9.17) is 2.50 Å². The molecule has 1 aliphatic carbocycles. The van der Waals surface area contributed by atoms with Crippen molar-refractivity contribution in [2.75, 3.05) is 0 Å². The van der Waals surface area contributed by atoms with Gasteiger partial charge in [0.05, 0.1) is 0 Å². The molecule has 1 atom stereocenters. The van der Waals surface area contributed by atoms with Gasteiger partial charge in [0.15, 0.2) is 0 Å². The molecule has 0 aromatic heterocycles. The van der Waals surface area contributed by atoms with Crippen molar-refractivity contribution in [2.45, 2.75) is 64.5 Å². The molecule has 0 spiro atoms. The van der Waals surface area contributed by atoms with Crippen LogP contribution in [0.1, 0.15) is 65.6 Å². The van der Waals surface area contributed by atoms with E-state index in [2.05, 4.69) is 150 Å². The number of hydrogen-bond acceptors (Lipinski definition) is 1.